The number of hydrogen-bond donors (Lipinski definition) is 0. The summed E-state index contributed by atoms with van der Waals surface area (Å²) in [5.74, 6) is 2.77. The van der Waals surface area contributed by atoms with Crippen LogP contribution in [0.2, 0.25) is 0 Å². The molecule has 2 rings (SSSR count). The second kappa shape index (κ2) is 9.88. The standard InChI is InChI=1S/C19H27N3O2/c1-4-17-19(20-15-24-16-11-8-7-9-12-16)22(18(5-2)21-17)13-10-14-23-6-3/h4,7-9,11-12H,5-6,10,13-15H2,1-3H3/b17-4+,20-19+. The van der Waals surface area contributed by atoms with Crippen molar-refractivity contribution in [2.75, 3.05) is 26.5 Å². The van der Waals surface area contributed by atoms with E-state index in [1.54, 1.807) is 0 Å². The van der Waals surface area contributed by atoms with E-state index < -0.39 is 0 Å². The van der Waals surface area contributed by atoms with E-state index in [2.05, 4.69) is 21.8 Å². The van der Waals surface area contributed by atoms with Gasteiger partial charge in [0.05, 0.1) is 0 Å². The molecule has 0 radical (unpaired) electrons. The molecule has 0 aliphatic carbocycles. The van der Waals surface area contributed by atoms with Gasteiger partial charge in [0.25, 0.3) is 0 Å². The number of allylic oxidation sites excluding steroid dienone is 1. The summed E-state index contributed by atoms with van der Waals surface area (Å²) in [6, 6.07) is 9.73. The molecule has 0 unspecified atom stereocenters. The number of ether oxygens (including phenoxy) is 2. The Morgan fingerprint density at radius 2 is 2.00 bits per heavy atom. The average Bonchev–Trinajstić information content (AvgIpc) is 2.96. The smallest absolute Gasteiger partial charge is 0.181 e. The fraction of sp³-hybridized carbons (Fsp3) is 0.474. The summed E-state index contributed by atoms with van der Waals surface area (Å²) in [7, 11) is 0. The number of benzene rings is 1. The Morgan fingerprint density at radius 3 is 2.67 bits per heavy atom. The molecule has 1 aromatic carbocycles. The molecule has 0 fully saturated rings. The van der Waals surface area contributed by atoms with Gasteiger partial charge in [-0.05, 0) is 32.4 Å². The molecular weight excluding hydrogens is 302 g/mol. The Bertz CT molecular complexity index is 594. The van der Waals surface area contributed by atoms with Crippen LogP contribution < -0.4 is 4.74 Å². The molecule has 5 nitrogen and oxygen atoms in total. The molecule has 1 heterocycles. The summed E-state index contributed by atoms with van der Waals surface area (Å²) < 4.78 is 11.1. The van der Waals surface area contributed by atoms with Crippen LogP contribution >= 0.6 is 0 Å². The van der Waals surface area contributed by atoms with Gasteiger partial charge in [0.2, 0.25) is 0 Å². The van der Waals surface area contributed by atoms with Gasteiger partial charge in [-0.2, -0.15) is 0 Å². The van der Waals surface area contributed by atoms with Crippen molar-refractivity contribution in [3.63, 3.8) is 0 Å². The van der Waals surface area contributed by atoms with Gasteiger partial charge in [-0.15, -0.1) is 0 Å². The molecule has 0 amide bonds. The van der Waals surface area contributed by atoms with Gasteiger partial charge in [0.15, 0.2) is 12.6 Å². The normalized spacial score (nSPS) is 17.6. The van der Waals surface area contributed by atoms with E-state index in [9.17, 15) is 0 Å². The first-order valence-electron chi connectivity index (χ1n) is 8.62. The van der Waals surface area contributed by atoms with E-state index in [-0.39, 0.29) is 6.73 Å². The number of hydrogen-bond acceptors (Lipinski definition) is 4. The minimum absolute atomic E-state index is 0.283. The van der Waals surface area contributed by atoms with E-state index in [4.69, 9.17) is 9.47 Å². The molecule has 1 aliphatic rings. The Labute approximate surface area is 144 Å². The predicted molar refractivity (Wildman–Crippen MR) is 98.7 cm³/mol. The first-order valence-corrected chi connectivity index (χ1v) is 8.62. The SMILES string of the molecule is C/C=C1/N=C(CC)N(CCCOCC)/C1=N/COc1ccccc1. The lowest BCUT2D eigenvalue weighted by Crippen LogP contribution is -2.34. The maximum absolute atomic E-state index is 5.70. The van der Waals surface area contributed by atoms with Crippen molar-refractivity contribution in [1.29, 1.82) is 0 Å². The number of amidine groups is 2. The van der Waals surface area contributed by atoms with Crippen molar-refractivity contribution >= 4 is 11.7 Å². The van der Waals surface area contributed by atoms with Crippen LogP contribution in [0.3, 0.4) is 0 Å². The van der Waals surface area contributed by atoms with Gasteiger partial charge in [-0.3, -0.25) is 0 Å². The van der Waals surface area contributed by atoms with Crippen LogP contribution in [0.5, 0.6) is 5.75 Å². The van der Waals surface area contributed by atoms with Gasteiger partial charge in [-0.1, -0.05) is 31.2 Å². The Balaban J connectivity index is 2.03. The summed E-state index contributed by atoms with van der Waals surface area (Å²) in [4.78, 5) is 11.5. The zero-order valence-electron chi connectivity index (χ0n) is 14.9. The highest BCUT2D eigenvalue weighted by Gasteiger charge is 2.25. The van der Waals surface area contributed by atoms with Crippen LogP contribution in [0.4, 0.5) is 0 Å². The maximum Gasteiger partial charge on any atom is 0.181 e. The van der Waals surface area contributed by atoms with Gasteiger partial charge in [0, 0.05) is 26.2 Å². The van der Waals surface area contributed by atoms with Crippen LogP contribution in [-0.4, -0.2) is 43.1 Å². The van der Waals surface area contributed by atoms with Gasteiger partial charge in [0.1, 0.15) is 17.3 Å². The molecule has 0 spiro atoms. The summed E-state index contributed by atoms with van der Waals surface area (Å²) >= 11 is 0. The fourth-order valence-electron chi connectivity index (χ4n) is 2.53. The average molecular weight is 329 g/mol. The van der Waals surface area contributed by atoms with Crippen molar-refractivity contribution in [3.8, 4) is 5.75 Å². The molecule has 0 aromatic heterocycles. The zero-order valence-corrected chi connectivity index (χ0v) is 14.9. The monoisotopic (exact) mass is 329 g/mol. The Morgan fingerprint density at radius 1 is 1.21 bits per heavy atom. The van der Waals surface area contributed by atoms with Crippen LogP contribution in [0, 0.1) is 0 Å². The summed E-state index contributed by atoms with van der Waals surface area (Å²) in [6.07, 6.45) is 3.83. The summed E-state index contributed by atoms with van der Waals surface area (Å²) in [5, 5.41) is 0. The Hall–Kier alpha value is -2.14. The second-order valence-electron chi connectivity index (χ2n) is 5.33. The van der Waals surface area contributed by atoms with Gasteiger partial charge in [-0.25, -0.2) is 9.98 Å². The van der Waals surface area contributed by atoms with Crippen molar-refractivity contribution in [3.05, 3.63) is 42.1 Å². The van der Waals surface area contributed by atoms with Crippen LogP contribution in [0.25, 0.3) is 0 Å². The third-order valence-electron chi connectivity index (χ3n) is 3.70. The molecule has 0 atom stereocenters. The highest BCUT2D eigenvalue weighted by molar-refractivity contribution is 6.14. The molecule has 0 saturated carbocycles. The van der Waals surface area contributed by atoms with E-state index in [1.807, 2.05) is 50.3 Å². The molecule has 0 bridgehead atoms. The van der Waals surface area contributed by atoms with E-state index in [1.165, 1.54) is 0 Å². The van der Waals surface area contributed by atoms with Crippen molar-refractivity contribution in [1.82, 2.24) is 4.90 Å². The first-order chi connectivity index (χ1) is 11.8. The lowest BCUT2D eigenvalue weighted by Gasteiger charge is -2.20. The Kier molecular flexibility index (Phi) is 7.49. The number of para-hydroxylation sites is 1. The molecule has 0 N–H and O–H groups in total. The minimum Gasteiger partial charge on any atom is -0.471 e. The van der Waals surface area contributed by atoms with E-state index in [0.717, 1.165) is 55.7 Å². The highest BCUT2D eigenvalue weighted by Crippen LogP contribution is 2.19. The largest absolute Gasteiger partial charge is 0.471 e. The van der Waals surface area contributed by atoms with Crippen LogP contribution in [-0.2, 0) is 4.74 Å². The summed E-state index contributed by atoms with van der Waals surface area (Å²) in [6.45, 7) is 8.76. The summed E-state index contributed by atoms with van der Waals surface area (Å²) in [5.41, 5.74) is 0.917. The number of rotatable bonds is 9. The third-order valence-corrected chi connectivity index (χ3v) is 3.70. The maximum atomic E-state index is 5.70. The van der Waals surface area contributed by atoms with Gasteiger partial charge < -0.3 is 14.4 Å². The van der Waals surface area contributed by atoms with Crippen molar-refractivity contribution in [2.24, 2.45) is 9.98 Å². The van der Waals surface area contributed by atoms with Crippen molar-refractivity contribution < 1.29 is 9.47 Å². The van der Waals surface area contributed by atoms with Crippen LogP contribution in [0.1, 0.15) is 33.6 Å². The molecule has 1 aromatic rings. The molecule has 1 aliphatic heterocycles. The molecule has 24 heavy (non-hydrogen) atoms. The van der Waals surface area contributed by atoms with E-state index >= 15 is 0 Å². The quantitative estimate of drug-likeness (QED) is 0.646. The third kappa shape index (κ3) is 4.93. The lowest BCUT2D eigenvalue weighted by atomic mass is 10.3. The van der Waals surface area contributed by atoms with Crippen LogP contribution in [0.15, 0.2) is 52.1 Å². The van der Waals surface area contributed by atoms with E-state index in [0.29, 0.717) is 0 Å². The predicted octanol–water partition coefficient (Wildman–Crippen LogP) is 3.88. The lowest BCUT2D eigenvalue weighted by molar-refractivity contribution is 0.142. The minimum atomic E-state index is 0.283. The topological polar surface area (TPSA) is 46.4 Å². The molecule has 5 heteroatoms. The fourth-order valence-corrected chi connectivity index (χ4v) is 2.53. The second-order valence-corrected chi connectivity index (χ2v) is 5.33. The number of nitrogens with zero attached hydrogens (tertiary/aromatic N) is 3. The highest BCUT2D eigenvalue weighted by atomic mass is 16.5. The van der Waals surface area contributed by atoms with Crippen molar-refractivity contribution in [2.45, 2.75) is 33.6 Å². The number of aliphatic imine (C=N–C) groups is 2. The zero-order chi connectivity index (χ0) is 17.2. The van der Waals surface area contributed by atoms with Gasteiger partial charge >= 0.3 is 0 Å². The molecule has 130 valence electrons. The first kappa shape index (κ1) is 18.2. The molecule has 0 saturated heterocycles. The molecular formula is C19H27N3O2.